The average Bonchev–Trinajstić information content (AvgIpc) is 3.60. The first-order valence-corrected chi connectivity index (χ1v) is 19.2. The second kappa shape index (κ2) is 13.3. The van der Waals surface area contributed by atoms with Gasteiger partial charge < -0.3 is 4.74 Å². The van der Waals surface area contributed by atoms with Crippen LogP contribution < -0.4 is 4.74 Å². The first-order chi connectivity index (χ1) is 28.7. The number of rotatable bonds is 5. The number of fused-ring (bicyclic) bond motifs is 9. The van der Waals surface area contributed by atoms with Gasteiger partial charge in [0.2, 0.25) is 0 Å². The van der Waals surface area contributed by atoms with Gasteiger partial charge >= 0.3 is 0 Å². The molecule has 0 saturated carbocycles. The maximum atomic E-state index is 9.47. The highest BCUT2D eigenvalue weighted by Crippen LogP contribution is 2.62. The van der Waals surface area contributed by atoms with Crippen LogP contribution in [0.4, 0.5) is 0 Å². The summed E-state index contributed by atoms with van der Waals surface area (Å²) in [6.07, 6.45) is 1.88. The van der Waals surface area contributed by atoms with Crippen molar-refractivity contribution in [3.05, 3.63) is 216 Å². The van der Waals surface area contributed by atoms with Crippen LogP contribution in [0.25, 0.3) is 67.7 Å². The van der Waals surface area contributed by atoms with Gasteiger partial charge in [-0.15, -0.1) is 0 Å². The molecule has 9 aromatic rings. The van der Waals surface area contributed by atoms with Crippen molar-refractivity contribution in [1.29, 1.82) is 5.26 Å². The summed E-state index contributed by atoms with van der Waals surface area (Å²) in [6, 6.07) is 64.2. The van der Waals surface area contributed by atoms with Crippen LogP contribution in [0.5, 0.6) is 11.5 Å². The van der Waals surface area contributed by atoms with Crippen LogP contribution >= 0.6 is 0 Å². The molecule has 0 amide bonds. The number of ether oxygens (including phenoxy) is 1. The molecule has 2 aliphatic rings. The number of hydrogen-bond acceptors (Lipinski definition) is 6. The van der Waals surface area contributed by atoms with Crippen LogP contribution in [0.1, 0.15) is 27.8 Å². The lowest BCUT2D eigenvalue weighted by Crippen LogP contribution is -2.32. The van der Waals surface area contributed by atoms with Crippen LogP contribution in [-0.4, -0.2) is 19.9 Å². The average molecular weight is 742 g/mol. The molecule has 0 saturated heterocycles. The minimum Gasteiger partial charge on any atom is -0.457 e. The van der Waals surface area contributed by atoms with Crippen LogP contribution in [0.2, 0.25) is 0 Å². The molecule has 11 rings (SSSR count). The molecule has 7 aromatic carbocycles. The predicted octanol–water partition coefficient (Wildman–Crippen LogP) is 11.9. The Morgan fingerprint density at radius 2 is 0.931 bits per heavy atom. The van der Waals surface area contributed by atoms with E-state index in [9.17, 15) is 5.26 Å². The van der Waals surface area contributed by atoms with E-state index < -0.39 is 5.41 Å². The lowest BCUT2D eigenvalue weighted by atomic mass is 9.65. The lowest BCUT2D eigenvalue weighted by Gasteiger charge is -2.39. The van der Waals surface area contributed by atoms with Gasteiger partial charge in [0.05, 0.1) is 22.7 Å². The molecule has 6 nitrogen and oxygen atoms in total. The van der Waals surface area contributed by atoms with Crippen LogP contribution in [0.15, 0.2) is 188 Å². The number of nitriles is 1. The zero-order valence-corrected chi connectivity index (χ0v) is 31.0. The Labute approximate surface area is 335 Å². The van der Waals surface area contributed by atoms with Crippen molar-refractivity contribution in [3.63, 3.8) is 0 Å². The van der Waals surface area contributed by atoms with Gasteiger partial charge in [0.1, 0.15) is 11.5 Å². The minimum atomic E-state index is -0.725. The molecule has 270 valence electrons. The molecule has 3 heterocycles. The third-order valence-corrected chi connectivity index (χ3v) is 11.3. The predicted molar refractivity (Wildman–Crippen MR) is 227 cm³/mol. The summed E-state index contributed by atoms with van der Waals surface area (Å²) in [7, 11) is 0. The summed E-state index contributed by atoms with van der Waals surface area (Å²) < 4.78 is 6.86. The first-order valence-electron chi connectivity index (χ1n) is 19.2. The fraction of sp³-hybridized carbons (Fsp3) is 0.0192. The monoisotopic (exact) mass is 741 g/mol. The molecule has 0 bridgehead atoms. The molecule has 2 aromatic heterocycles. The fourth-order valence-electron chi connectivity index (χ4n) is 8.64. The van der Waals surface area contributed by atoms with E-state index in [0.29, 0.717) is 23.0 Å². The van der Waals surface area contributed by atoms with Crippen molar-refractivity contribution in [1.82, 2.24) is 19.9 Å². The maximum Gasteiger partial charge on any atom is 0.164 e. The van der Waals surface area contributed by atoms with Crippen molar-refractivity contribution < 1.29 is 4.74 Å². The van der Waals surface area contributed by atoms with Gasteiger partial charge in [-0.3, -0.25) is 4.98 Å². The van der Waals surface area contributed by atoms with Crippen molar-refractivity contribution in [2.75, 3.05) is 0 Å². The number of benzene rings is 7. The Hall–Kier alpha value is -8.01. The minimum absolute atomic E-state index is 0.578. The zero-order chi connectivity index (χ0) is 38.6. The van der Waals surface area contributed by atoms with E-state index in [2.05, 4.69) is 97.1 Å². The Morgan fingerprint density at radius 3 is 1.52 bits per heavy atom. The Balaban J connectivity index is 1.12. The molecular formula is C52H31N5O. The van der Waals surface area contributed by atoms with Gasteiger partial charge in [-0.1, -0.05) is 127 Å². The summed E-state index contributed by atoms with van der Waals surface area (Å²) >= 11 is 0. The Bertz CT molecular complexity index is 3000. The standard InChI is InChI=1S/C52H31N5O/c53-31-33-12-11-17-36(28-33)39-22-25-46(54-32-39)37-23-26-47-44(29-37)52(42-20-9-7-18-40(42)41-19-8-10-21-43(41)52)45-30-38(24-27-48(45)58-47)51-56-49(34-13-3-1-4-14-34)55-50(57-51)35-15-5-2-6-16-35/h1-30,32H. The molecule has 1 aliphatic carbocycles. The van der Waals surface area contributed by atoms with E-state index in [4.69, 9.17) is 24.7 Å². The summed E-state index contributed by atoms with van der Waals surface area (Å²) in [4.78, 5) is 20.1. The highest BCUT2D eigenvalue weighted by molar-refractivity contribution is 5.90. The van der Waals surface area contributed by atoms with Gasteiger partial charge in [0.25, 0.3) is 0 Å². The summed E-state index contributed by atoms with van der Waals surface area (Å²) in [5.41, 5.74) is 13.1. The Morgan fingerprint density at radius 1 is 0.414 bits per heavy atom. The lowest BCUT2D eigenvalue weighted by molar-refractivity contribution is 0.436. The molecule has 0 radical (unpaired) electrons. The molecule has 58 heavy (non-hydrogen) atoms. The van der Waals surface area contributed by atoms with Crippen molar-refractivity contribution in [2.24, 2.45) is 0 Å². The third kappa shape index (κ3) is 5.26. The number of hydrogen-bond donors (Lipinski definition) is 0. The van der Waals surface area contributed by atoms with E-state index in [-0.39, 0.29) is 0 Å². The topological polar surface area (TPSA) is 84.6 Å². The van der Waals surface area contributed by atoms with Crippen LogP contribution in [-0.2, 0) is 5.41 Å². The van der Waals surface area contributed by atoms with Gasteiger partial charge in [-0.05, 0) is 82.4 Å². The third-order valence-electron chi connectivity index (χ3n) is 11.3. The fourth-order valence-corrected chi connectivity index (χ4v) is 8.64. The molecule has 6 heteroatoms. The van der Waals surface area contributed by atoms with E-state index in [1.54, 1.807) is 0 Å². The SMILES string of the molecule is N#Cc1cccc(-c2ccc(-c3ccc4c(c3)C3(c5cc(-c6nc(-c7ccccc7)nc(-c7ccccc7)n6)ccc5O4)c4ccccc4-c4ccccc43)nc2)c1. The smallest absolute Gasteiger partial charge is 0.164 e. The van der Waals surface area contributed by atoms with E-state index in [1.807, 2.05) is 97.2 Å². The number of aromatic nitrogens is 4. The second-order valence-corrected chi connectivity index (χ2v) is 14.5. The number of nitrogens with zero attached hydrogens (tertiary/aromatic N) is 5. The van der Waals surface area contributed by atoms with E-state index >= 15 is 0 Å². The molecule has 0 unspecified atom stereocenters. The summed E-state index contributed by atoms with van der Waals surface area (Å²) in [6.45, 7) is 0. The molecule has 1 spiro atoms. The van der Waals surface area contributed by atoms with Gasteiger partial charge in [0.15, 0.2) is 17.5 Å². The zero-order valence-electron chi connectivity index (χ0n) is 31.0. The van der Waals surface area contributed by atoms with E-state index in [1.165, 1.54) is 22.3 Å². The molecule has 0 N–H and O–H groups in total. The van der Waals surface area contributed by atoms with Gasteiger partial charge in [0, 0.05) is 45.1 Å². The molecule has 0 fully saturated rings. The molecule has 1 aliphatic heterocycles. The van der Waals surface area contributed by atoms with Crippen molar-refractivity contribution in [2.45, 2.75) is 5.41 Å². The second-order valence-electron chi connectivity index (χ2n) is 14.5. The summed E-state index contributed by atoms with van der Waals surface area (Å²) in [5.74, 6) is 3.36. The van der Waals surface area contributed by atoms with Crippen molar-refractivity contribution in [3.8, 4) is 85.2 Å². The highest BCUT2D eigenvalue weighted by atomic mass is 16.5. The van der Waals surface area contributed by atoms with Crippen LogP contribution in [0, 0.1) is 11.3 Å². The molecular weight excluding hydrogens is 711 g/mol. The summed E-state index contributed by atoms with van der Waals surface area (Å²) in [5, 5.41) is 9.47. The maximum absolute atomic E-state index is 9.47. The first kappa shape index (κ1) is 33.3. The molecule has 0 atom stereocenters. The number of pyridine rings is 1. The van der Waals surface area contributed by atoms with Gasteiger partial charge in [-0.2, -0.15) is 5.26 Å². The van der Waals surface area contributed by atoms with Gasteiger partial charge in [-0.25, -0.2) is 15.0 Å². The van der Waals surface area contributed by atoms with Crippen LogP contribution in [0.3, 0.4) is 0 Å². The quantitative estimate of drug-likeness (QED) is 0.175. The largest absolute Gasteiger partial charge is 0.457 e. The Kier molecular flexibility index (Phi) is 7.66. The van der Waals surface area contributed by atoms with E-state index in [0.717, 1.165) is 61.7 Å². The highest BCUT2D eigenvalue weighted by Gasteiger charge is 2.51. The normalized spacial score (nSPS) is 12.7. The van der Waals surface area contributed by atoms with Crippen molar-refractivity contribution >= 4 is 0 Å².